The highest BCUT2D eigenvalue weighted by atomic mass is 16.3. The minimum atomic E-state index is -1.60. The molecule has 3 aromatic carbocycles. The fourth-order valence-electron chi connectivity index (χ4n) is 4.59. The van der Waals surface area contributed by atoms with Crippen molar-refractivity contribution in [1.82, 2.24) is 14.9 Å². The number of anilines is 1. The molecule has 1 aliphatic rings. The van der Waals surface area contributed by atoms with Gasteiger partial charge in [0.1, 0.15) is 0 Å². The van der Waals surface area contributed by atoms with Gasteiger partial charge in [0.2, 0.25) is 0 Å². The molecule has 4 aromatic rings. The third-order valence-electron chi connectivity index (χ3n) is 6.48. The fraction of sp³-hybridized carbons (Fsp3) is 0.214. The third kappa shape index (κ3) is 4.32. The summed E-state index contributed by atoms with van der Waals surface area (Å²) in [4.78, 5) is 25.0. The normalized spacial score (nSPS) is 15.4. The molecule has 1 unspecified atom stereocenters. The van der Waals surface area contributed by atoms with E-state index in [1.54, 1.807) is 30.3 Å². The van der Waals surface area contributed by atoms with Crippen LogP contribution in [0.4, 0.5) is 5.69 Å². The standard InChI is InChI=1S/C28H28N4O2/c1-28(34,24-10-6-3-7-11-24)27(33)32-15-14-31(19-25-17-29-20-30-25)26-13-12-22(16-23(26)18-32)21-8-4-2-5-9-21/h2-13,16-17,20,34H,14-15,18-19H2,1H3,(H,29,30). The van der Waals surface area contributed by atoms with Crippen molar-refractivity contribution >= 4 is 11.6 Å². The Bertz CT molecular complexity index is 1250. The molecule has 1 atom stereocenters. The molecule has 0 bridgehead atoms. The molecule has 1 amide bonds. The summed E-state index contributed by atoms with van der Waals surface area (Å²) in [7, 11) is 0. The van der Waals surface area contributed by atoms with Gasteiger partial charge in [0.15, 0.2) is 5.60 Å². The van der Waals surface area contributed by atoms with Crippen LogP contribution in [-0.4, -0.2) is 39.0 Å². The van der Waals surface area contributed by atoms with Gasteiger partial charge in [-0.15, -0.1) is 0 Å². The topological polar surface area (TPSA) is 72.5 Å². The van der Waals surface area contributed by atoms with Crippen LogP contribution in [-0.2, 0) is 23.5 Å². The summed E-state index contributed by atoms with van der Waals surface area (Å²) in [5, 5.41) is 11.2. The van der Waals surface area contributed by atoms with E-state index in [0.717, 1.165) is 28.1 Å². The summed E-state index contributed by atoms with van der Waals surface area (Å²) < 4.78 is 0. The molecule has 2 heterocycles. The quantitative estimate of drug-likeness (QED) is 0.473. The minimum Gasteiger partial charge on any atom is -0.376 e. The molecule has 1 aliphatic heterocycles. The number of aliphatic hydroxyl groups is 1. The highest BCUT2D eigenvalue weighted by Crippen LogP contribution is 2.33. The highest BCUT2D eigenvalue weighted by molar-refractivity contribution is 5.86. The van der Waals surface area contributed by atoms with E-state index < -0.39 is 5.60 Å². The number of benzene rings is 3. The summed E-state index contributed by atoms with van der Waals surface area (Å²) in [6.07, 6.45) is 3.51. The second kappa shape index (κ2) is 9.15. The Morgan fingerprint density at radius 3 is 2.44 bits per heavy atom. The first-order chi connectivity index (χ1) is 16.5. The van der Waals surface area contributed by atoms with Crippen LogP contribution in [0.15, 0.2) is 91.4 Å². The molecule has 0 spiro atoms. The molecule has 172 valence electrons. The first-order valence-electron chi connectivity index (χ1n) is 11.5. The number of nitrogens with zero attached hydrogens (tertiary/aromatic N) is 3. The average molecular weight is 453 g/mol. The molecule has 0 radical (unpaired) electrons. The lowest BCUT2D eigenvalue weighted by Crippen LogP contribution is -2.46. The molecule has 2 N–H and O–H groups in total. The van der Waals surface area contributed by atoms with E-state index in [0.29, 0.717) is 31.7 Å². The first kappa shape index (κ1) is 21.9. The van der Waals surface area contributed by atoms with Crippen LogP contribution >= 0.6 is 0 Å². The summed E-state index contributed by atoms with van der Waals surface area (Å²) in [6.45, 7) is 3.82. The Kier molecular flexibility index (Phi) is 5.90. The Balaban J connectivity index is 1.51. The first-order valence-corrected chi connectivity index (χ1v) is 11.5. The SMILES string of the molecule is CC(O)(C(=O)N1CCN(Cc2cnc[nH]2)c2ccc(-c3ccccc3)cc2C1)c1ccccc1. The molecule has 34 heavy (non-hydrogen) atoms. The van der Waals surface area contributed by atoms with Gasteiger partial charge in [0.05, 0.1) is 18.6 Å². The van der Waals surface area contributed by atoms with E-state index in [2.05, 4.69) is 45.2 Å². The second-order valence-electron chi connectivity index (χ2n) is 8.87. The molecule has 0 saturated heterocycles. The van der Waals surface area contributed by atoms with Gasteiger partial charge in [0.25, 0.3) is 5.91 Å². The molecule has 5 rings (SSSR count). The molecular weight excluding hydrogens is 424 g/mol. The van der Waals surface area contributed by atoms with Crippen molar-refractivity contribution in [3.05, 3.63) is 108 Å². The second-order valence-corrected chi connectivity index (χ2v) is 8.87. The number of amides is 1. The van der Waals surface area contributed by atoms with Gasteiger partial charge in [-0.2, -0.15) is 0 Å². The van der Waals surface area contributed by atoms with Crippen LogP contribution in [0.2, 0.25) is 0 Å². The number of aromatic nitrogens is 2. The van der Waals surface area contributed by atoms with Gasteiger partial charge in [-0.3, -0.25) is 4.79 Å². The predicted octanol–water partition coefficient (Wildman–Crippen LogP) is 4.33. The van der Waals surface area contributed by atoms with E-state index >= 15 is 0 Å². The van der Waals surface area contributed by atoms with Gasteiger partial charge in [0, 0.05) is 31.5 Å². The van der Waals surface area contributed by atoms with Crippen LogP contribution in [0.5, 0.6) is 0 Å². The monoisotopic (exact) mass is 452 g/mol. The zero-order valence-corrected chi connectivity index (χ0v) is 19.2. The number of imidazole rings is 1. The predicted molar refractivity (Wildman–Crippen MR) is 133 cm³/mol. The van der Waals surface area contributed by atoms with E-state index in [9.17, 15) is 9.90 Å². The Hall–Kier alpha value is -3.90. The Morgan fingerprint density at radius 2 is 1.74 bits per heavy atom. The summed E-state index contributed by atoms with van der Waals surface area (Å²) in [6, 6.07) is 25.8. The van der Waals surface area contributed by atoms with Crippen LogP contribution in [0.1, 0.15) is 23.7 Å². The van der Waals surface area contributed by atoms with Gasteiger partial charge >= 0.3 is 0 Å². The van der Waals surface area contributed by atoms with Crippen molar-refractivity contribution in [2.75, 3.05) is 18.0 Å². The van der Waals surface area contributed by atoms with Crippen molar-refractivity contribution in [3.8, 4) is 11.1 Å². The number of hydrogen-bond acceptors (Lipinski definition) is 4. The molecule has 0 fully saturated rings. The molecular formula is C28H28N4O2. The number of carbonyl (C=O) groups excluding carboxylic acids is 1. The van der Waals surface area contributed by atoms with E-state index in [1.165, 1.54) is 0 Å². The van der Waals surface area contributed by atoms with Crippen molar-refractivity contribution in [2.24, 2.45) is 0 Å². The van der Waals surface area contributed by atoms with Gasteiger partial charge in [-0.1, -0.05) is 66.7 Å². The van der Waals surface area contributed by atoms with Crippen molar-refractivity contribution in [1.29, 1.82) is 0 Å². The van der Waals surface area contributed by atoms with Crippen LogP contribution in [0.3, 0.4) is 0 Å². The molecule has 1 aromatic heterocycles. The van der Waals surface area contributed by atoms with Crippen molar-refractivity contribution < 1.29 is 9.90 Å². The minimum absolute atomic E-state index is 0.293. The van der Waals surface area contributed by atoms with Crippen LogP contribution in [0.25, 0.3) is 11.1 Å². The zero-order chi connectivity index (χ0) is 23.5. The highest BCUT2D eigenvalue weighted by Gasteiger charge is 2.37. The molecule has 0 aliphatic carbocycles. The summed E-state index contributed by atoms with van der Waals surface area (Å²) in [5.74, 6) is -0.293. The zero-order valence-electron chi connectivity index (χ0n) is 19.2. The number of carbonyl (C=O) groups is 1. The lowest BCUT2D eigenvalue weighted by molar-refractivity contribution is -0.151. The van der Waals surface area contributed by atoms with Gasteiger partial charge in [-0.25, -0.2) is 4.98 Å². The number of aromatic amines is 1. The van der Waals surface area contributed by atoms with Crippen molar-refractivity contribution in [2.45, 2.75) is 25.6 Å². The van der Waals surface area contributed by atoms with Crippen LogP contribution in [0, 0.1) is 0 Å². The number of nitrogens with one attached hydrogen (secondary N) is 1. The lowest BCUT2D eigenvalue weighted by atomic mass is 9.94. The number of hydrogen-bond donors (Lipinski definition) is 2. The van der Waals surface area contributed by atoms with Gasteiger partial charge < -0.3 is 19.9 Å². The number of H-pyrrole nitrogens is 1. The molecule has 6 heteroatoms. The maximum atomic E-state index is 13.6. The maximum Gasteiger partial charge on any atom is 0.259 e. The maximum absolute atomic E-state index is 13.6. The van der Waals surface area contributed by atoms with E-state index in [1.807, 2.05) is 42.6 Å². The van der Waals surface area contributed by atoms with Crippen LogP contribution < -0.4 is 4.90 Å². The lowest BCUT2D eigenvalue weighted by Gasteiger charge is -2.30. The summed E-state index contributed by atoms with van der Waals surface area (Å²) >= 11 is 0. The summed E-state index contributed by atoms with van der Waals surface area (Å²) in [5.41, 5.74) is 4.37. The van der Waals surface area contributed by atoms with E-state index in [-0.39, 0.29) is 5.91 Å². The average Bonchev–Trinajstić information content (AvgIpc) is 3.32. The van der Waals surface area contributed by atoms with E-state index in [4.69, 9.17) is 0 Å². The number of rotatable bonds is 5. The number of fused-ring (bicyclic) bond motifs is 1. The Morgan fingerprint density at radius 1 is 1.00 bits per heavy atom. The van der Waals surface area contributed by atoms with Gasteiger partial charge in [-0.05, 0) is 41.3 Å². The smallest absolute Gasteiger partial charge is 0.259 e. The third-order valence-corrected chi connectivity index (χ3v) is 6.48. The molecule has 6 nitrogen and oxygen atoms in total. The Labute approximate surface area is 199 Å². The fourth-order valence-corrected chi connectivity index (χ4v) is 4.59. The van der Waals surface area contributed by atoms with Crippen molar-refractivity contribution in [3.63, 3.8) is 0 Å². The largest absolute Gasteiger partial charge is 0.376 e. The molecule has 0 saturated carbocycles.